The van der Waals surface area contributed by atoms with E-state index in [0.717, 1.165) is 12.5 Å². The van der Waals surface area contributed by atoms with E-state index in [1.54, 1.807) is 0 Å². The number of rotatable bonds is 4. The molecule has 84 valence electrons. The lowest BCUT2D eigenvalue weighted by Gasteiger charge is -2.29. The van der Waals surface area contributed by atoms with E-state index in [-0.39, 0.29) is 0 Å². The molecule has 1 unspecified atom stereocenters. The maximum absolute atomic E-state index is 5.85. The standard InChI is InChI=1S/C12H26N2/c1-10(2)7-11(8-13)14-6-5-12(3,4)9-14/h10-11H,5-9,13H2,1-4H3. The van der Waals surface area contributed by atoms with Crippen LogP contribution in [0.4, 0.5) is 0 Å². The highest BCUT2D eigenvalue weighted by molar-refractivity contribution is 4.87. The minimum absolute atomic E-state index is 0.504. The lowest BCUT2D eigenvalue weighted by molar-refractivity contribution is 0.197. The summed E-state index contributed by atoms with van der Waals surface area (Å²) in [5, 5.41) is 0. The minimum Gasteiger partial charge on any atom is -0.329 e. The van der Waals surface area contributed by atoms with Crippen LogP contribution in [0.1, 0.15) is 40.5 Å². The Bertz CT molecular complexity index is 175. The lowest BCUT2D eigenvalue weighted by atomic mass is 9.93. The molecular formula is C12H26N2. The molecule has 14 heavy (non-hydrogen) atoms. The zero-order valence-corrected chi connectivity index (χ0v) is 10.2. The Hall–Kier alpha value is -0.0800. The van der Waals surface area contributed by atoms with E-state index in [2.05, 4.69) is 32.6 Å². The maximum Gasteiger partial charge on any atom is 0.0221 e. The Kier molecular flexibility index (Phi) is 3.96. The molecule has 2 N–H and O–H groups in total. The van der Waals surface area contributed by atoms with E-state index in [9.17, 15) is 0 Å². The van der Waals surface area contributed by atoms with Crippen molar-refractivity contribution in [3.8, 4) is 0 Å². The van der Waals surface area contributed by atoms with Crippen molar-refractivity contribution in [1.29, 1.82) is 0 Å². The number of nitrogens with zero attached hydrogens (tertiary/aromatic N) is 1. The van der Waals surface area contributed by atoms with Gasteiger partial charge in [-0.2, -0.15) is 0 Å². The molecule has 1 saturated heterocycles. The predicted molar refractivity (Wildman–Crippen MR) is 62.3 cm³/mol. The Morgan fingerprint density at radius 2 is 2.00 bits per heavy atom. The molecule has 1 fully saturated rings. The van der Waals surface area contributed by atoms with Crippen LogP contribution in [0, 0.1) is 11.3 Å². The fourth-order valence-electron chi connectivity index (χ4n) is 2.40. The number of hydrogen-bond acceptors (Lipinski definition) is 2. The predicted octanol–water partition coefficient (Wildman–Crippen LogP) is 2.09. The monoisotopic (exact) mass is 198 g/mol. The van der Waals surface area contributed by atoms with Crippen LogP contribution in [-0.4, -0.2) is 30.6 Å². The molecule has 1 rings (SSSR count). The summed E-state index contributed by atoms with van der Waals surface area (Å²) in [6.45, 7) is 12.6. The van der Waals surface area contributed by atoms with Crippen molar-refractivity contribution in [3.05, 3.63) is 0 Å². The second-order valence-corrected chi connectivity index (χ2v) is 5.90. The highest BCUT2D eigenvalue weighted by atomic mass is 15.2. The number of hydrogen-bond donors (Lipinski definition) is 1. The summed E-state index contributed by atoms with van der Waals surface area (Å²) in [5.74, 6) is 0.757. The van der Waals surface area contributed by atoms with E-state index in [0.29, 0.717) is 11.5 Å². The van der Waals surface area contributed by atoms with Gasteiger partial charge in [-0.25, -0.2) is 0 Å². The third kappa shape index (κ3) is 3.25. The van der Waals surface area contributed by atoms with Crippen molar-refractivity contribution < 1.29 is 0 Å². The van der Waals surface area contributed by atoms with Gasteiger partial charge in [0.1, 0.15) is 0 Å². The second-order valence-electron chi connectivity index (χ2n) is 5.90. The zero-order valence-electron chi connectivity index (χ0n) is 10.2. The largest absolute Gasteiger partial charge is 0.329 e. The normalized spacial score (nSPS) is 24.4. The van der Waals surface area contributed by atoms with Gasteiger partial charge in [0.05, 0.1) is 0 Å². The summed E-state index contributed by atoms with van der Waals surface area (Å²) in [6, 6.07) is 0.608. The van der Waals surface area contributed by atoms with Crippen molar-refractivity contribution in [3.63, 3.8) is 0 Å². The van der Waals surface area contributed by atoms with Gasteiger partial charge in [-0.15, -0.1) is 0 Å². The van der Waals surface area contributed by atoms with Gasteiger partial charge in [-0.05, 0) is 30.7 Å². The van der Waals surface area contributed by atoms with Crippen molar-refractivity contribution in [2.24, 2.45) is 17.1 Å². The van der Waals surface area contributed by atoms with Gasteiger partial charge >= 0.3 is 0 Å². The lowest BCUT2D eigenvalue weighted by Crippen LogP contribution is -2.40. The van der Waals surface area contributed by atoms with E-state index in [1.807, 2.05) is 0 Å². The molecule has 0 aliphatic carbocycles. The average molecular weight is 198 g/mol. The molecule has 1 atom stereocenters. The Labute approximate surface area is 88.8 Å². The summed E-state index contributed by atoms with van der Waals surface area (Å²) in [5.41, 5.74) is 6.35. The highest BCUT2D eigenvalue weighted by Crippen LogP contribution is 2.31. The van der Waals surface area contributed by atoms with Crippen LogP contribution in [0.2, 0.25) is 0 Å². The van der Waals surface area contributed by atoms with Crippen molar-refractivity contribution in [2.45, 2.75) is 46.6 Å². The molecule has 0 aromatic carbocycles. The fraction of sp³-hybridized carbons (Fsp3) is 1.00. The highest BCUT2D eigenvalue weighted by Gasteiger charge is 2.32. The molecule has 2 heteroatoms. The van der Waals surface area contributed by atoms with Crippen LogP contribution in [-0.2, 0) is 0 Å². The van der Waals surface area contributed by atoms with Crippen molar-refractivity contribution >= 4 is 0 Å². The Morgan fingerprint density at radius 1 is 1.36 bits per heavy atom. The molecule has 0 spiro atoms. The van der Waals surface area contributed by atoms with Gasteiger partial charge in [0.25, 0.3) is 0 Å². The fourth-order valence-corrected chi connectivity index (χ4v) is 2.40. The van der Waals surface area contributed by atoms with Crippen LogP contribution in [0.15, 0.2) is 0 Å². The molecule has 1 heterocycles. The topological polar surface area (TPSA) is 29.3 Å². The molecule has 1 aliphatic heterocycles. The van der Waals surface area contributed by atoms with E-state index in [4.69, 9.17) is 5.73 Å². The first-order chi connectivity index (χ1) is 6.44. The van der Waals surface area contributed by atoms with E-state index in [1.165, 1.54) is 25.9 Å². The van der Waals surface area contributed by atoms with Gasteiger partial charge in [-0.1, -0.05) is 27.7 Å². The molecule has 1 aliphatic rings. The molecular weight excluding hydrogens is 172 g/mol. The molecule has 0 bridgehead atoms. The summed E-state index contributed by atoms with van der Waals surface area (Å²) < 4.78 is 0. The molecule has 0 amide bonds. The van der Waals surface area contributed by atoms with Crippen LogP contribution >= 0.6 is 0 Å². The number of nitrogens with two attached hydrogens (primary N) is 1. The maximum atomic E-state index is 5.85. The number of likely N-dealkylation sites (tertiary alicyclic amines) is 1. The van der Waals surface area contributed by atoms with Crippen molar-refractivity contribution in [1.82, 2.24) is 4.90 Å². The quantitative estimate of drug-likeness (QED) is 0.749. The Morgan fingerprint density at radius 3 is 2.36 bits per heavy atom. The molecule has 0 radical (unpaired) electrons. The second kappa shape index (κ2) is 4.63. The summed E-state index contributed by atoms with van der Waals surface area (Å²) in [4.78, 5) is 2.58. The summed E-state index contributed by atoms with van der Waals surface area (Å²) in [6.07, 6.45) is 2.56. The summed E-state index contributed by atoms with van der Waals surface area (Å²) >= 11 is 0. The molecule has 0 aromatic heterocycles. The van der Waals surface area contributed by atoms with Gasteiger partial charge in [-0.3, -0.25) is 4.90 Å². The minimum atomic E-state index is 0.504. The first kappa shape index (κ1) is 12.0. The van der Waals surface area contributed by atoms with Crippen molar-refractivity contribution in [2.75, 3.05) is 19.6 Å². The first-order valence-corrected chi connectivity index (χ1v) is 5.89. The van der Waals surface area contributed by atoms with E-state index < -0.39 is 0 Å². The third-order valence-electron chi connectivity index (χ3n) is 3.24. The van der Waals surface area contributed by atoms with Crippen LogP contribution in [0.5, 0.6) is 0 Å². The molecule has 0 aromatic rings. The van der Waals surface area contributed by atoms with Gasteiger partial charge < -0.3 is 5.73 Å². The van der Waals surface area contributed by atoms with Gasteiger partial charge in [0, 0.05) is 19.1 Å². The Balaban J connectivity index is 2.46. The summed E-state index contributed by atoms with van der Waals surface area (Å²) in [7, 11) is 0. The third-order valence-corrected chi connectivity index (χ3v) is 3.24. The van der Waals surface area contributed by atoms with Crippen LogP contribution < -0.4 is 5.73 Å². The van der Waals surface area contributed by atoms with Gasteiger partial charge in [0.2, 0.25) is 0 Å². The van der Waals surface area contributed by atoms with Crippen LogP contribution in [0.3, 0.4) is 0 Å². The van der Waals surface area contributed by atoms with E-state index >= 15 is 0 Å². The first-order valence-electron chi connectivity index (χ1n) is 5.89. The zero-order chi connectivity index (χ0) is 10.8. The molecule has 0 saturated carbocycles. The van der Waals surface area contributed by atoms with Gasteiger partial charge in [0.15, 0.2) is 0 Å². The molecule has 2 nitrogen and oxygen atoms in total. The SMILES string of the molecule is CC(C)CC(CN)N1CCC(C)(C)C1. The smallest absolute Gasteiger partial charge is 0.0221 e. The average Bonchev–Trinajstić information content (AvgIpc) is 2.41. The van der Waals surface area contributed by atoms with Crippen LogP contribution in [0.25, 0.3) is 0 Å².